The zero-order valence-corrected chi connectivity index (χ0v) is 9.97. The molecule has 1 aliphatic rings. The fourth-order valence-electron chi connectivity index (χ4n) is 2.23. The second-order valence-electron chi connectivity index (χ2n) is 4.74. The maximum Gasteiger partial charge on any atom is 0.193 e. The van der Waals surface area contributed by atoms with Crippen molar-refractivity contribution in [2.75, 3.05) is 0 Å². The van der Waals surface area contributed by atoms with Crippen molar-refractivity contribution in [3.05, 3.63) is 65.2 Å². The highest BCUT2D eigenvalue weighted by Crippen LogP contribution is 2.43. The van der Waals surface area contributed by atoms with Gasteiger partial charge in [0.05, 0.1) is 0 Å². The van der Waals surface area contributed by atoms with Crippen LogP contribution in [0.5, 0.6) is 5.75 Å². The number of benzene rings is 2. The van der Waals surface area contributed by atoms with Crippen LogP contribution < -0.4 is 0 Å². The summed E-state index contributed by atoms with van der Waals surface area (Å²) in [6.07, 6.45) is 2.22. The standard InChI is InChI=1S/C16H14O2/c17-13-8-9-14(15(10-13)11-6-7-11)16(18)12-4-2-1-3-5-12/h1-5,8-11,17H,6-7H2. The number of hydrogen-bond donors (Lipinski definition) is 1. The summed E-state index contributed by atoms with van der Waals surface area (Å²) in [5, 5.41) is 9.56. The van der Waals surface area contributed by atoms with Gasteiger partial charge in [0.15, 0.2) is 5.78 Å². The summed E-state index contributed by atoms with van der Waals surface area (Å²) in [7, 11) is 0. The lowest BCUT2D eigenvalue weighted by atomic mass is 9.95. The van der Waals surface area contributed by atoms with Gasteiger partial charge in [-0.1, -0.05) is 30.3 Å². The van der Waals surface area contributed by atoms with Gasteiger partial charge in [-0.25, -0.2) is 0 Å². The number of ketones is 1. The van der Waals surface area contributed by atoms with E-state index in [4.69, 9.17) is 0 Å². The first-order valence-corrected chi connectivity index (χ1v) is 6.18. The van der Waals surface area contributed by atoms with Gasteiger partial charge in [0.1, 0.15) is 5.75 Å². The molecule has 1 saturated carbocycles. The van der Waals surface area contributed by atoms with Crippen molar-refractivity contribution in [3.63, 3.8) is 0 Å². The van der Waals surface area contributed by atoms with Crippen LogP contribution in [-0.2, 0) is 0 Å². The van der Waals surface area contributed by atoms with Gasteiger partial charge in [0.25, 0.3) is 0 Å². The minimum absolute atomic E-state index is 0.0394. The molecule has 1 fully saturated rings. The molecule has 0 unspecified atom stereocenters. The van der Waals surface area contributed by atoms with Crippen LogP contribution in [0.3, 0.4) is 0 Å². The molecule has 0 amide bonds. The molecule has 0 spiro atoms. The Hall–Kier alpha value is -2.09. The van der Waals surface area contributed by atoms with E-state index >= 15 is 0 Å². The van der Waals surface area contributed by atoms with Crippen LogP contribution in [-0.4, -0.2) is 10.9 Å². The third kappa shape index (κ3) is 2.02. The van der Waals surface area contributed by atoms with E-state index in [9.17, 15) is 9.90 Å². The molecule has 2 aromatic rings. The lowest BCUT2D eigenvalue weighted by Gasteiger charge is -2.08. The Labute approximate surface area is 106 Å². The second-order valence-corrected chi connectivity index (χ2v) is 4.74. The van der Waals surface area contributed by atoms with Gasteiger partial charge in [0.2, 0.25) is 0 Å². The number of aromatic hydroxyl groups is 1. The van der Waals surface area contributed by atoms with E-state index in [0.717, 1.165) is 24.0 Å². The minimum atomic E-state index is 0.0394. The molecule has 0 aliphatic heterocycles. The molecule has 18 heavy (non-hydrogen) atoms. The van der Waals surface area contributed by atoms with E-state index in [1.54, 1.807) is 18.2 Å². The van der Waals surface area contributed by atoms with Crippen molar-refractivity contribution in [2.45, 2.75) is 18.8 Å². The highest BCUT2D eigenvalue weighted by molar-refractivity contribution is 6.10. The summed E-state index contributed by atoms with van der Waals surface area (Å²) < 4.78 is 0. The van der Waals surface area contributed by atoms with Gasteiger partial charge < -0.3 is 5.11 Å². The number of hydrogen-bond acceptors (Lipinski definition) is 2. The van der Waals surface area contributed by atoms with Crippen molar-refractivity contribution in [3.8, 4) is 5.75 Å². The van der Waals surface area contributed by atoms with Crippen LogP contribution in [0.2, 0.25) is 0 Å². The molecule has 3 rings (SSSR count). The third-order valence-corrected chi connectivity index (χ3v) is 3.33. The molecule has 90 valence electrons. The first-order chi connectivity index (χ1) is 8.75. The smallest absolute Gasteiger partial charge is 0.193 e. The van der Waals surface area contributed by atoms with Gasteiger partial charge in [0, 0.05) is 11.1 Å². The summed E-state index contributed by atoms with van der Waals surface area (Å²) in [6.45, 7) is 0. The topological polar surface area (TPSA) is 37.3 Å². The average Bonchev–Trinajstić information content (AvgIpc) is 3.23. The molecular formula is C16H14O2. The molecule has 0 atom stereocenters. The molecule has 0 saturated heterocycles. The highest BCUT2D eigenvalue weighted by Gasteiger charge is 2.28. The molecule has 0 bridgehead atoms. The molecule has 0 radical (unpaired) electrons. The Bertz CT molecular complexity index is 583. The van der Waals surface area contributed by atoms with Crippen molar-refractivity contribution < 1.29 is 9.90 Å². The number of carbonyl (C=O) groups is 1. The van der Waals surface area contributed by atoms with Gasteiger partial charge in [-0.05, 0) is 42.5 Å². The van der Waals surface area contributed by atoms with E-state index in [2.05, 4.69) is 0 Å². The molecule has 2 aromatic carbocycles. The van der Waals surface area contributed by atoms with Crippen molar-refractivity contribution in [1.82, 2.24) is 0 Å². The summed E-state index contributed by atoms with van der Waals surface area (Å²) in [5.74, 6) is 0.721. The molecule has 0 heterocycles. The Kier molecular flexibility index (Phi) is 2.63. The van der Waals surface area contributed by atoms with Gasteiger partial charge >= 0.3 is 0 Å². The van der Waals surface area contributed by atoms with E-state index in [1.165, 1.54) is 0 Å². The summed E-state index contributed by atoms with van der Waals surface area (Å²) >= 11 is 0. The average molecular weight is 238 g/mol. The SMILES string of the molecule is O=C(c1ccccc1)c1ccc(O)cc1C1CC1. The van der Waals surface area contributed by atoms with Crippen molar-refractivity contribution in [1.29, 1.82) is 0 Å². The van der Waals surface area contributed by atoms with E-state index in [-0.39, 0.29) is 11.5 Å². The Balaban J connectivity index is 2.04. The van der Waals surface area contributed by atoms with E-state index in [1.807, 2.05) is 30.3 Å². The number of carbonyl (C=O) groups excluding carboxylic acids is 1. The Morgan fingerprint density at radius 3 is 2.44 bits per heavy atom. The maximum absolute atomic E-state index is 12.4. The molecule has 2 heteroatoms. The Morgan fingerprint density at radius 1 is 1.06 bits per heavy atom. The zero-order chi connectivity index (χ0) is 12.5. The summed E-state index contributed by atoms with van der Waals surface area (Å²) in [5.41, 5.74) is 2.41. The normalized spacial score (nSPS) is 14.4. The minimum Gasteiger partial charge on any atom is -0.508 e. The first kappa shape index (κ1) is 11.0. The third-order valence-electron chi connectivity index (χ3n) is 3.33. The number of phenols is 1. The van der Waals surface area contributed by atoms with Crippen molar-refractivity contribution >= 4 is 5.78 Å². The summed E-state index contributed by atoms with van der Waals surface area (Å²) in [4.78, 5) is 12.4. The van der Waals surface area contributed by atoms with Gasteiger partial charge in [-0.15, -0.1) is 0 Å². The molecular weight excluding hydrogens is 224 g/mol. The van der Waals surface area contributed by atoms with Gasteiger partial charge in [-0.3, -0.25) is 4.79 Å². The molecule has 2 nitrogen and oxygen atoms in total. The lowest BCUT2D eigenvalue weighted by molar-refractivity contribution is 0.103. The van der Waals surface area contributed by atoms with Crippen LogP contribution in [0.1, 0.15) is 40.2 Å². The largest absolute Gasteiger partial charge is 0.508 e. The number of rotatable bonds is 3. The van der Waals surface area contributed by atoms with Crippen LogP contribution in [0, 0.1) is 0 Å². The number of phenolic OH excluding ortho intramolecular Hbond substituents is 1. The molecule has 1 aliphatic carbocycles. The van der Waals surface area contributed by atoms with Gasteiger partial charge in [-0.2, -0.15) is 0 Å². The predicted molar refractivity (Wildman–Crippen MR) is 70.0 cm³/mol. The van der Waals surface area contributed by atoms with Crippen LogP contribution in [0.15, 0.2) is 48.5 Å². The maximum atomic E-state index is 12.4. The monoisotopic (exact) mass is 238 g/mol. The second kappa shape index (κ2) is 4.30. The predicted octanol–water partition coefficient (Wildman–Crippen LogP) is 3.50. The quantitative estimate of drug-likeness (QED) is 0.831. The molecule has 1 N–H and O–H groups in total. The van der Waals surface area contributed by atoms with Crippen LogP contribution in [0.25, 0.3) is 0 Å². The van der Waals surface area contributed by atoms with Crippen LogP contribution in [0.4, 0.5) is 0 Å². The zero-order valence-electron chi connectivity index (χ0n) is 9.97. The highest BCUT2D eigenvalue weighted by atomic mass is 16.3. The first-order valence-electron chi connectivity index (χ1n) is 6.18. The fourth-order valence-corrected chi connectivity index (χ4v) is 2.23. The molecule has 0 aromatic heterocycles. The van der Waals surface area contributed by atoms with E-state index in [0.29, 0.717) is 11.5 Å². The van der Waals surface area contributed by atoms with E-state index < -0.39 is 0 Å². The summed E-state index contributed by atoms with van der Waals surface area (Å²) in [6, 6.07) is 14.3. The Morgan fingerprint density at radius 2 is 1.78 bits per heavy atom. The lowest BCUT2D eigenvalue weighted by Crippen LogP contribution is -2.04. The van der Waals surface area contributed by atoms with Crippen LogP contribution >= 0.6 is 0 Å². The fraction of sp³-hybridized carbons (Fsp3) is 0.188. The van der Waals surface area contributed by atoms with Crippen molar-refractivity contribution in [2.24, 2.45) is 0 Å².